The Kier molecular flexibility index (Phi) is 8.09. The minimum atomic E-state index is -3.69. The van der Waals surface area contributed by atoms with Crippen molar-refractivity contribution in [3.05, 3.63) is 23.8 Å². The van der Waals surface area contributed by atoms with Gasteiger partial charge >= 0.3 is 0 Å². The summed E-state index contributed by atoms with van der Waals surface area (Å²) < 4.78 is 36.7. The first-order valence-corrected chi connectivity index (χ1v) is 11.3. The van der Waals surface area contributed by atoms with Gasteiger partial charge in [0.05, 0.1) is 32.3 Å². The topological polar surface area (TPSA) is 88.2 Å². The highest BCUT2D eigenvalue weighted by molar-refractivity contribution is 7.92. The van der Waals surface area contributed by atoms with E-state index < -0.39 is 16.1 Å². The Bertz CT molecular complexity index is 763. The van der Waals surface area contributed by atoms with E-state index in [1.807, 2.05) is 13.0 Å². The summed E-state index contributed by atoms with van der Waals surface area (Å²) in [4.78, 5) is 14.9. The number of nitrogens with zero attached hydrogens (tertiary/aromatic N) is 2. The van der Waals surface area contributed by atoms with E-state index in [-0.39, 0.29) is 5.91 Å². The molecule has 2 rings (SSSR count). The third-order valence-corrected chi connectivity index (χ3v) is 5.94. The smallest absolute Gasteiger partial charge is 0.243 e. The van der Waals surface area contributed by atoms with Crippen LogP contribution in [0, 0.1) is 6.92 Å². The number of benzene rings is 1. The molecule has 1 fully saturated rings. The van der Waals surface area contributed by atoms with Crippen LogP contribution in [0.25, 0.3) is 0 Å². The van der Waals surface area contributed by atoms with Gasteiger partial charge in [-0.1, -0.05) is 6.07 Å². The molecule has 1 saturated heterocycles. The summed E-state index contributed by atoms with van der Waals surface area (Å²) in [6.45, 7) is 8.09. The Morgan fingerprint density at radius 2 is 2.04 bits per heavy atom. The maximum atomic E-state index is 12.6. The van der Waals surface area contributed by atoms with Crippen molar-refractivity contribution in [1.29, 1.82) is 0 Å². The van der Waals surface area contributed by atoms with E-state index >= 15 is 0 Å². The number of nitrogens with one attached hydrogen (secondary N) is 1. The number of amides is 1. The van der Waals surface area contributed by atoms with E-state index in [0.29, 0.717) is 18.0 Å². The molecule has 0 radical (unpaired) electrons. The van der Waals surface area contributed by atoms with E-state index in [4.69, 9.17) is 9.47 Å². The fourth-order valence-electron chi connectivity index (χ4n) is 3.24. The molecule has 1 heterocycles. The Labute approximate surface area is 167 Å². The van der Waals surface area contributed by atoms with Crippen LogP contribution >= 0.6 is 0 Å². The minimum Gasteiger partial charge on any atom is -0.495 e. The van der Waals surface area contributed by atoms with Crippen LogP contribution in [0.3, 0.4) is 0 Å². The van der Waals surface area contributed by atoms with Gasteiger partial charge in [-0.3, -0.25) is 14.0 Å². The number of methoxy groups -OCH3 is 1. The van der Waals surface area contributed by atoms with Gasteiger partial charge in [0.15, 0.2) is 0 Å². The average molecular weight is 414 g/mol. The Morgan fingerprint density at radius 1 is 1.36 bits per heavy atom. The van der Waals surface area contributed by atoms with Crippen LogP contribution in [0.1, 0.15) is 18.9 Å². The number of ether oxygens (including phenoxy) is 2. The second-order valence-corrected chi connectivity index (χ2v) is 8.87. The lowest BCUT2D eigenvalue weighted by Gasteiger charge is -2.30. The van der Waals surface area contributed by atoms with Crippen LogP contribution in [0.2, 0.25) is 0 Å². The van der Waals surface area contributed by atoms with Gasteiger partial charge < -0.3 is 14.8 Å². The van der Waals surface area contributed by atoms with Gasteiger partial charge in [0.1, 0.15) is 11.8 Å². The van der Waals surface area contributed by atoms with Crippen molar-refractivity contribution in [2.45, 2.75) is 26.3 Å². The van der Waals surface area contributed by atoms with Crippen LogP contribution in [0.15, 0.2) is 18.2 Å². The summed E-state index contributed by atoms with van der Waals surface area (Å²) in [6.07, 6.45) is 1.89. The van der Waals surface area contributed by atoms with Crippen LogP contribution in [-0.4, -0.2) is 78.0 Å². The van der Waals surface area contributed by atoms with Crippen molar-refractivity contribution >= 4 is 21.6 Å². The summed E-state index contributed by atoms with van der Waals surface area (Å²) in [5.41, 5.74) is 1.24. The van der Waals surface area contributed by atoms with Gasteiger partial charge in [0, 0.05) is 19.6 Å². The maximum absolute atomic E-state index is 12.6. The van der Waals surface area contributed by atoms with Crippen LogP contribution in [0.5, 0.6) is 5.75 Å². The average Bonchev–Trinajstić information content (AvgIpc) is 2.65. The maximum Gasteiger partial charge on any atom is 0.243 e. The Balaban J connectivity index is 2.03. The van der Waals surface area contributed by atoms with E-state index in [1.54, 1.807) is 19.1 Å². The zero-order valence-corrected chi connectivity index (χ0v) is 17.9. The van der Waals surface area contributed by atoms with Gasteiger partial charge in [0.25, 0.3) is 0 Å². The number of rotatable bonds is 9. The summed E-state index contributed by atoms with van der Waals surface area (Å²) in [5, 5.41) is 2.85. The van der Waals surface area contributed by atoms with E-state index in [2.05, 4.69) is 10.2 Å². The van der Waals surface area contributed by atoms with Gasteiger partial charge in [-0.2, -0.15) is 0 Å². The lowest BCUT2D eigenvalue weighted by Crippen LogP contribution is -2.48. The second-order valence-electron chi connectivity index (χ2n) is 7.01. The highest BCUT2D eigenvalue weighted by atomic mass is 32.2. The van der Waals surface area contributed by atoms with Crippen molar-refractivity contribution < 1.29 is 22.7 Å². The van der Waals surface area contributed by atoms with E-state index in [1.165, 1.54) is 7.11 Å². The summed E-state index contributed by atoms with van der Waals surface area (Å²) >= 11 is 0. The molecule has 1 aliphatic heterocycles. The van der Waals surface area contributed by atoms with Crippen molar-refractivity contribution in [1.82, 2.24) is 10.2 Å². The quantitative estimate of drug-likeness (QED) is 0.608. The van der Waals surface area contributed by atoms with Crippen LogP contribution < -0.4 is 14.4 Å². The molecule has 1 amide bonds. The summed E-state index contributed by atoms with van der Waals surface area (Å²) in [7, 11) is -2.21. The standard InChI is InChI=1S/C19H31N3O5S/c1-15-6-7-18(26-3)17(14-15)22(28(4,24)25)16(2)19(23)20-8-5-9-21-10-12-27-13-11-21/h6-7,14,16H,5,8-13H2,1-4H3,(H,20,23). The highest BCUT2D eigenvalue weighted by Crippen LogP contribution is 2.32. The molecule has 1 atom stereocenters. The predicted octanol–water partition coefficient (Wildman–Crippen LogP) is 0.997. The fraction of sp³-hybridized carbons (Fsp3) is 0.632. The minimum absolute atomic E-state index is 0.337. The first-order valence-electron chi connectivity index (χ1n) is 9.46. The van der Waals surface area contributed by atoms with Gasteiger partial charge in [-0.15, -0.1) is 0 Å². The van der Waals surface area contributed by atoms with E-state index in [9.17, 15) is 13.2 Å². The number of sulfonamides is 1. The SMILES string of the molecule is COc1ccc(C)cc1N(C(C)C(=O)NCCCN1CCOCC1)S(C)(=O)=O. The largest absolute Gasteiger partial charge is 0.495 e. The van der Waals surface area contributed by atoms with E-state index in [0.717, 1.165) is 55.4 Å². The van der Waals surface area contributed by atoms with Crippen LogP contribution in [0.4, 0.5) is 5.69 Å². The number of carbonyl (C=O) groups is 1. The van der Waals surface area contributed by atoms with Crippen molar-refractivity contribution in [3.63, 3.8) is 0 Å². The molecule has 158 valence electrons. The fourth-order valence-corrected chi connectivity index (χ4v) is 4.41. The molecule has 1 aromatic rings. The number of anilines is 1. The molecule has 1 aliphatic rings. The first kappa shape index (κ1) is 22.4. The molecule has 0 saturated carbocycles. The molecule has 0 spiro atoms. The number of hydrogen-bond acceptors (Lipinski definition) is 6. The molecule has 9 heteroatoms. The number of carbonyl (C=O) groups excluding carboxylic acids is 1. The molecule has 0 bridgehead atoms. The normalized spacial score (nSPS) is 16.4. The zero-order chi connectivity index (χ0) is 20.7. The number of aryl methyl sites for hydroxylation is 1. The molecule has 1 N–H and O–H groups in total. The lowest BCUT2D eigenvalue weighted by molar-refractivity contribution is -0.121. The Morgan fingerprint density at radius 3 is 2.64 bits per heavy atom. The molecule has 8 nitrogen and oxygen atoms in total. The van der Waals surface area contributed by atoms with Crippen molar-refractivity contribution in [3.8, 4) is 5.75 Å². The van der Waals surface area contributed by atoms with Crippen LogP contribution in [-0.2, 0) is 19.6 Å². The molecule has 1 unspecified atom stereocenters. The first-order chi connectivity index (χ1) is 13.2. The summed E-state index contributed by atoms with van der Waals surface area (Å²) in [5.74, 6) is 0.0685. The zero-order valence-electron chi connectivity index (χ0n) is 17.1. The third kappa shape index (κ3) is 6.08. The highest BCUT2D eigenvalue weighted by Gasteiger charge is 2.31. The predicted molar refractivity (Wildman–Crippen MR) is 109 cm³/mol. The molecular formula is C19H31N3O5S. The molecule has 28 heavy (non-hydrogen) atoms. The monoisotopic (exact) mass is 413 g/mol. The lowest BCUT2D eigenvalue weighted by atomic mass is 10.2. The van der Waals surface area contributed by atoms with Gasteiger partial charge in [-0.05, 0) is 44.5 Å². The molecule has 0 aliphatic carbocycles. The Hall–Kier alpha value is -1.84. The van der Waals surface area contributed by atoms with Crippen molar-refractivity contribution in [2.75, 3.05) is 57.1 Å². The molecule has 0 aromatic heterocycles. The molecular weight excluding hydrogens is 382 g/mol. The van der Waals surface area contributed by atoms with Gasteiger partial charge in [0.2, 0.25) is 15.9 Å². The second kappa shape index (κ2) is 10.1. The molecule has 1 aromatic carbocycles. The summed E-state index contributed by atoms with van der Waals surface area (Å²) in [6, 6.07) is 4.35. The number of morpholine rings is 1. The van der Waals surface area contributed by atoms with Gasteiger partial charge in [-0.25, -0.2) is 8.42 Å². The third-order valence-electron chi connectivity index (χ3n) is 4.71. The number of hydrogen-bond donors (Lipinski definition) is 1. The van der Waals surface area contributed by atoms with Crippen molar-refractivity contribution in [2.24, 2.45) is 0 Å².